The van der Waals surface area contributed by atoms with Crippen LogP contribution < -0.4 is 4.74 Å². The lowest BCUT2D eigenvalue weighted by molar-refractivity contribution is 0.0867. The Morgan fingerprint density at radius 3 is 2.61 bits per heavy atom. The smallest absolute Gasteiger partial charge is 0.269 e. The van der Waals surface area contributed by atoms with Crippen LogP contribution in [0.25, 0.3) is 0 Å². The standard InChI is InChI=1S/C25H32N2O4S.ClH/c1-3-15-26(20-14-13-19-9-8-11-23(31-2)22(19)18-20)16-6-7-17-27-25(28)21-10-4-5-12-24(21)32(27,29)30;/h4-5,8-12,20H,3,6-7,13-18H2,1-2H3;1H. The van der Waals surface area contributed by atoms with E-state index in [0.29, 0.717) is 12.5 Å². The van der Waals surface area contributed by atoms with Crippen molar-refractivity contribution in [3.05, 3.63) is 59.2 Å². The summed E-state index contributed by atoms with van der Waals surface area (Å²) in [4.78, 5) is 15.3. The summed E-state index contributed by atoms with van der Waals surface area (Å²) in [6.45, 7) is 4.34. The van der Waals surface area contributed by atoms with Crippen LogP contribution in [0, 0.1) is 0 Å². The quantitative estimate of drug-likeness (QED) is 0.488. The first-order chi connectivity index (χ1) is 15.5. The SMILES string of the molecule is CCCN(CCCCN1C(=O)c2ccccc2S1(=O)=O)C1CCc2cccc(OC)c2C1.Cl. The van der Waals surface area contributed by atoms with Gasteiger partial charge in [-0.25, -0.2) is 12.7 Å². The van der Waals surface area contributed by atoms with E-state index in [9.17, 15) is 13.2 Å². The molecule has 0 radical (unpaired) electrons. The van der Waals surface area contributed by atoms with Gasteiger partial charge < -0.3 is 9.64 Å². The molecule has 0 fully saturated rings. The van der Waals surface area contributed by atoms with E-state index in [2.05, 4.69) is 24.0 Å². The Labute approximate surface area is 203 Å². The van der Waals surface area contributed by atoms with Gasteiger partial charge in [0, 0.05) is 12.6 Å². The van der Waals surface area contributed by atoms with Crippen molar-refractivity contribution in [1.82, 2.24) is 9.21 Å². The fourth-order valence-corrected chi connectivity index (χ4v) is 6.63. The summed E-state index contributed by atoms with van der Waals surface area (Å²) in [6.07, 6.45) is 5.73. The Bertz CT molecular complexity index is 1080. The minimum Gasteiger partial charge on any atom is -0.496 e. The van der Waals surface area contributed by atoms with E-state index in [1.165, 1.54) is 17.2 Å². The van der Waals surface area contributed by atoms with Gasteiger partial charge in [-0.15, -0.1) is 12.4 Å². The molecule has 1 aliphatic heterocycles. The van der Waals surface area contributed by atoms with Crippen LogP contribution in [0.2, 0.25) is 0 Å². The highest BCUT2D eigenvalue weighted by molar-refractivity contribution is 7.90. The molecule has 0 bridgehead atoms. The molecule has 1 aliphatic carbocycles. The molecule has 0 saturated heterocycles. The Kier molecular flexibility index (Phi) is 8.43. The van der Waals surface area contributed by atoms with Crippen molar-refractivity contribution >= 4 is 28.3 Å². The third-order valence-electron chi connectivity index (χ3n) is 6.63. The van der Waals surface area contributed by atoms with Crippen LogP contribution in [0.5, 0.6) is 5.75 Å². The largest absolute Gasteiger partial charge is 0.496 e. The van der Waals surface area contributed by atoms with Crippen LogP contribution in [0.15, 0.2) is 47.4 Å². The second-order valence-corrected chi connectivity index (χ2v) is 10.4. The lowest BCUT2D eigenvalue weighted by Crippen LogP contribution is -2.41. The summed E-state index contributed by atoms with van der Waals surface area (Å²) in [6, 6.07) is 13.2. The number of ether oxygens (including phenoxy) is 1. The van der Waals surface area contributed by atoms with E-state index in [1.807, 2.05) is 6.07 Å². The highest BCUT2D eigenvalue weighted by Crippen LogP contribution is 2.32. The molecule has 2 aromatic rings. The summed E-state index contributed by atoms with van der Waals surface area (Å²) in [5.74, 6) is 0.572. The number of aryl methyl sites for hydroxylation is 1. The molecule has 33 heavy (non-hydrogen) atoms. The fourth-order valence-electron chi connectivity index (χ4n) is 5.03. The number of amides is 1. The van der Waals surface area contributed by atoms with Crippen LogP contribution in [-0.4, -0.2) is 56.3 Å². The number of benzene rings is 2. The summed E-state index contributed by atoms with van der Waals surface area (Å²) in [7, 11) is -1.98. The first-order valence-electron chi connectivity index (χ1n) is 11.5. The molecule has 0 aromatic heterocycles. The van der Waals surface area contributed by atoms with Crippen molar-refractivity contribution in [3.63, 3.8) is 0 Å². The van der Waals surface area contributed by atoms with Gasteiger partial charge >= 0.3 is 0 Å². The Balaban J connectivity index is 0.00000306. The number of unbranched alkanes of at least 4 members (excludes halogenated alkanes) is 1. The predicted molar refractivity (Wildman–Crippen MR) is 132 cm³/mol. The molecular formula is C25H33ClN2O4S. The van der Waals surface area contributed by atoms with Gasteiger partial charge in [0.05, 0.1) is 12.7 Å². The first-order valence-corrected chi connectivity index (χ1v) is 13.0. The van der Waals surface area contributed by atoms with Crippen LogP contribution >= 0.6 is 12.4 Å². The number of sulfonamides is 1. The molecular weight excluding hydrogens is 460 g/mol. The van der Waals surface area contributed by atoms with E-state index in [0.717, 1.165) is 55.2 Å². The topological polar surface area (TPSA) is 66.9 Å². The monoisotopic (exact) mass is 492 g/mol. The average molecular weight is 493 g/mol. The molecule has 0 N–H and O–H groups in total. The van der Waals surface area contributed by atoms with Crippen molar-refractivity contribution < 1.29 is 17.9 Å². The van der Waals surface area contributed by atoms with Crippen LogP contribution in [0.3, 0.4) is 0 Å². The summed E-state index contributed by atoms with van der Waals surface area (Å²) in [5, 5.41) is 0. The van der Waals surface area contributed by atoms with Crippen molar-refractivity contribution in [3.8, 4) is 5.75 Å². The van der Waals surface area contributed by atoms with Crippen molar-refractivity contribution in [2.24, 2.45) is 0 Å². The minimum absolute atomic E-state index is 0. The lowest BCUT2D eigenvalue weighted by atomic mass is 9.86. The third-order valence-corrected chi connectivity index (χ3v) is 8.47. The molecule has 1 unspecified atom stereocenters. The molecule has 4 rings (SSSR count). The second-order valence-electron chi connectivity index (χ2n) is 8.62. The number of hydrogen-bond acceptors (Lipinski definition) is 5. The molecule has 2 aliphatic rings. The van der Waals surface area contributed by atoms with Gasteiger partial charge in [0.1, 0.15) is 10.6 Å². The molecule has 1 amide bonds. The summed E-state index contributed by atoms with van der Waals surface area (Å²) in [5.41, 5.74) is 2.99. The van der Waals surface area contributed by atoms with Gasteiger partial charge in [0.2, 0.25) is 0 Å². The van der Waals surface area contributed by atoms with E-state index in [4.69, 9.17) is 4.74 Å². The van der Waals surface area contributed by atoms with E-state index in [-0.39, 0.29) is 29.4 Å². The molecule has 1 heterocycles. The van der Waals surface area contributed by atoms with Crippen molar-refractivity contribution in [1.29, 1.82) is 0 Å². The maximum absolute atomic E-state index is 12.7. The van der Waals surface area contributed by atoms with Crippen molar-refractivity contribution in [2.45, 2.75) is 56.4 Å². The van der Waals surface area contributed by atoms with Gasteiger partial charge in [-0.2, -0.15) is 0 Å². The Morgan fingerprint density at radius 2 is 1.88 bits per heavy atom. The zero-order chi connectivity index (χ0) is 22.7. The number of carbonyl (C=O) groups is 1. The first kappa shape index (κ1) is 25.5. The maximum Gasteiger partial charge on any atom is 0.269 e. The molecule has 2 aromatic carbocycles. The highest BCUT2D eigenvalue weighted by Gasteiger charge is 2.40. The van der Waals surface area contributed by atoms with Gasteiger partial charge in [-0.05, 0) is 80.9 Å². The number of hydrogen-bond donors (Lipinski definition) is 0. The van der Waals surface area contributed by atoms with Crippen LogP contribution in [0.1, 0.15) is 54.1 Å². The van der Waals surface area contributed by atoms with Gasteiger partial charge in [-0.1, -0.05) is 31.2 Å². The molecule has 8 heteroatoms. The average Bonchev–Trinajstić information content (AvgIpc) is 3.00. The number of nitrogens with zero attached hydrogens (tertiary/aromatic N) is 2. The Hall–Kier alpha value is -2.09. The third kappa shape index (κ3) is 5.05. The summed E-state index contributed by atoms with van der Waals surface area (Å²) >= 11 is 0. The Morgan fingerprint density at radius 1 is 1.09 bits per heavy atom. The number of carbonyl (C=O) groups excluding carboxylic acids is 1. The number of methoxy groups -OCH3 is 1. The lowest BCUT2D eigenvalue weighted by Gasteiger charge is -2.35. The van der Waals surface area contributed by atoms with E-state index in [1.54, 1.807) is 25.3 Å². The zero-order valence-electron chi connectivity index (χ0n) is 19.3. The van der Waals surface area contributed by atoms with Crippen molar-refractivity contribution in [2.75, 3.05) is 26.7 Å². The second kappa shape index (κ2) is 10.9. The number of fused-ring (bicyclic) bond motifs is 2. The predicted octanol–water partition coefficient (Wildman–Crippen LogP) is 4.31. The highest BCUT2D eigenvalue weighted by atomic mass is 35.5. The molecule has 6 nitrogen and oxygen atoms in total. The number of halogens is 1. The maximum atomic E-state index is 12.7. The molecule has 180 valence electrons. The van der Waals surface area contributed by atoms with E-state index >= 15 is 0 Å². The van der Waals surface area contributed by atoms with Gasteiger partial charge in [-0.3, -0.25) is 4.79 Å². The summed E-state index contributed by atoms with van der Waals surface area (Å²) < 4.78 is 32.1. The molecule has 1 atom stereocenters. The van der Waals surface area contributed by atoms with Gasteiger partial charge in [0.25, 0.3) is 15.9 Å². The molecule has 0 saturated carbocycles. The minimum atomic E-state index is -3.71. The molecule has 0 spiro atoms. The van der Waals surface area contributed by atoms with Crippen LogP contribution in [-0.2, 0) is 22.9 Å². The normalized spacial score (nSPS) is 18.6. The zero-order valence-corrected chi connectivity index (χ0v) is 21.0. The van der Waals surface area contributed by atoms with Gasteiger partial charge in [0.15, 0.2) is 0 Å². The number of rotatable bonds is 9. The van der Waals surface area contributed by atoms with E-state index < -0.39 is 15.9 Å². The van der Waals surface area contributed by atoms with Crippen LogP contribution in [0.4, 0.5) is 0 Å². The fraction of sp³-hybridized carbons (Fsp3) is 0.480.